The number of hydrogen-bond acceptors (Lipinski definition) is 4. The Kier molecular flexibility index (Phi) is 2.46. The number of aryl methyl sites for hydroxylation is 1. The van der Waals surface area contributed by atoms with Crippen molar-refractivity contribution >= 4 is 22.6 Å². The van der Waals surface area contributed by atoms with Gasteiger partial charge in [0.25, 0.3) is 0 Å². The molecule has 3 nitrogen and oxygen atoms in total. The molecule has 0 N–H and O–H groups in total. The number of rotatable bonds is 2. The number of nitrogens with zero attached hydrogens (tertiary/aromatic N) is 3. The van der Waals surface area contributed by atoms with E-state index >= 15 is 0 Å². The van der Waals surface area contributed by atoms with E-state index < -0.39 is 0 Å². The first-order valence-corrected chi connectivity index (χ1v) is 5.67. The summed E-state index contributed by atoms with van der Waals surface area (Å²) in [6, 6.07) is 0. The molecule has 0 radical (unpaired) electrons. The molecule has 2 heterocycles. The third-order valence-corrected chi connectivity index (χ3v) is 2.78. The fourth-order valence-electron chi connectivity index (χ4n) is 1.36. The second-order valence-corrected chi connectivity index (χ2v) is 4.21. The van der Waals surface area contributed by atoms with Crippen LogP contribution in [-0.2, 0) is 6.42 Å². The second-order valence-electron chi connectivity index (χ2n) is 3.59. The van der Waals surface area contributed by atoms with Crippen LogP contribution in [0.25, 0.3) is 11.0 Å². The summed E-state index contributed by atoms with van der Waals surface area (Å²) in [7, 11) is 0. The lowest BCUT2D eigenvalue weighted by Crippen LogP contribution is -2.01. The molecule has 0 atom stereocenters. The lowest BCUT2D eigenvalue weighted by atomic mass is 10.2. The van der Waals surface area contributed by atoms with Crippen molar-refractivity contribution in [3.8, 4) is 0 Å². The summed E-state index contributed by atoms with van der Waals surface area (Å²) >= 11 is 1.45. The molecule has 0 aliphatic rings. The van der Waals surface area contributed by atoms with Crippen molar-refractivity contribution in [2.75, 3.05) is 0 Å². The van der Waals surface area contributed by atoms with Gasteiger partial charge in [-0.3, -0.25) is 0 Å². The third-order valence-electron chi connectivity index (χ3n) is 2.16. The van der Waals surface area contributed by atoms with Gasteiger partial charge < -0.3 is 0 Å². The Hall–Kier alpha value is -1.03. The summed E-state index contributed by atoms with van der Waals surface area (Å²) in [6.07, 6.45) is 0.919. The maximum absolute atomic E-state index is 4.52. The summed E-state index contributed by atoms with van der Waals surface area (Å²) in [5.41, 5.74) is 3.03. The van der Waals surface area contributed by atoms with Gasteiger partial charge in [-0.25, -0.2) is 9.97 Å². The molecule has 0 unspecified atom stereocenters. The molecule has 14 heavy (non-hydrogen) atoms. The molecule has 0 saturated carbocycles. The maximum Gasteiger partial charge on any atom is 0.132 e. The lowest BCUT2D eigenvalue weighted by molar-refractivity contribution is 0.769. The van der Waals surface area contributed by atoms with Crippen molar-refractivity contribution in [1.82, 2.24) is 14.3 Å². The van der Waals surface area contributed by atoms with Gasteiger partial charge in [0.15, 0.2) is 0 Å². The van der Waals surface area contributed by atoms with Gasteiger partial charge in [-0.1, -0.05) is 20.8 Å². The number of hydrogen-bond donors (Lipinski definition) is 0. The fourth-order valence-corrected chi connectivity index (χ4v) is 1.98. The molecule has 0 spiro atoms. The largest absolute Gasteiger partial charge is 0.235 e. The predicted molar refractivity (Wildman–Crippen MR) is 58.7 cm³/mol. The van der Waals surface area contributed by atoms with Crippen molar-refractivity contribution in [3.63, 3.8) is 0 Å². The molecular formula is C10H13N3S. The lowest BCUT2D eigenvalue weighted by Gasteiger charge is -2.05. The zero-order valence-electron chi connectivity index (χ0n) is 8.61. The molecule has 0 aliphatic carbocycles. The molecule has 0 aliphatic heterocycles. The van der Waals surface area contributed by atoms with E-state index in [1.165, 1.54) is 11.5 Å². The van der Waals surface area contributed by atoms with E-state index in [1.54, 1.807) is 0 Å². The Morgan fingerprint density at radius 1 is 1.36 bits per heavy atom. The Balaban J connectivity index is 2.67. The van der Waals surface area contributed by atoms with Crippen LogP contribution in [-0.4, -0.2) is 14.3 Å². The number of aromatic nitrogens is 3. The minimum absolute atomic E-state index is 0.379. The predicted octanol–water partition coefficient (Wildman–Crippen LogP) is 2.77. The SMILES string of the molecule is CCc1nc(C(C)C)nc2csnc12. The molecule has 2 aromatic heterocycles. The summed E-state index contributed by atoms with van der Waals surface area (Å²) in [5, 5.41) is 1.99. The van der Waals surface area contributed by atoms with Gasteiger partial charge >= 0.3 is 0 Å². The molecule has 0 bridgehead atoms. The van der Waals surface area contributed by atoms with Crippen LogP contribution in [0.2, 0.25) is 0 Å². The summed E-state index contributed by atoms with van der Waals surface area (Å²) in [5.74, 6) is 1.30. The van der Waals surface area contributed by atoms with E-state index in [2.05, 4.69) is 35.1 Å². The average molecular weight is 207 g/mol. The normalized spacial score (nSPS) is 11.4. The molecule has 2 rings (SSSR count). The second kappa shape index (κ2) is 3.61. The first kappa shape index (κ1) is 9.52. The first-order valence-electron chi connectivity index (χ1n) is 4.83. The van der Waals surface area contributed by atoms with Crippen molar-refractivity contribution in [2.24, 2.45) is 0 Å². The van der Waals surface area contributed by atoms with E-state index in [0.29, 0.717) is 5.92 Å². The Bertz CT molecular complexity index is 448. The average Bonchev–Trinajstić information content (AvgIpc) is 2.63. The van der Waals surface area contributed by atoms with Gasteiger partial charge in [-0.15, -0.1) is 0 Å². The number of fused-ring (bicyclic) bond motifs is 1. The topological polar surface area (TPSA) is 38.7 Å². The summed E-state index contributed by atoms with van der Waals surface area (Å²) in [6.45, 7) is 6.33. The summed E-state index contributed by atoms with van der Waals surface area (Å²) < 4.78 is 4.31. The molecule has 4 heteroatoms. The van der Waals surface area contributed by atoms with Crippen LogP contribution in [0.3, 0.4) is 0 Å². The maximum atomic E-state index is 4.52. The first-order chi connectivity index (χ1) is 6.72. The van der Waals surface area contributed by atoms with Crippen LogP contribution in [0.15, 0.2) is 5.38 Å². The van der Waals surface area contributed by atoms with Crippen LogP contribution >= 0.6 is 11.5 Å². The van der Waals surface area contributed by atoms with Crippen LogP contribution in [0.5, 0.6) is 0 Å². The molecule has 0 amide bonds. The van der Waals surface area contributed by atoms with E-state index in [1.807, 2.05) is 5.38 Å². The molecule has 74 valence electrons. The van der Waals surface area contributed by atoms with Crippen molar-refractivity contribution < 1.29 is 0 Å². The highest BCUT2D eigenvalue weighted by Crippen LogP contribution is 2.19. The Labute approximate surface area is 87.4 Å². The zero-order valence-corrected chi connectivity index (χ0v) is 9.43. The van der Waals surface area contributed by atoms with Crippen molar-refractivity contribution in [2.45, 2.75) is 33.1 Å². The van der Waals surface area contributed by atoms with Crippen LogP contribution in [0.4, 0.5) is 0 Å². The fraction of sp³-hybridized carbons (Fsp3) is 0.500. The highest BCUT2D eigenvalue weighted by atomic mass is 32.1. The minimum Gasteiger partial charge on any atom is -0.235 e. The molecule has 0 saturated heterocycles. The van der Waals surface area contributed by atoms with E-state index in [0.717, 1.165) is 29.0 Å². The highest BCUT2D eigenvalue weighted by molar-refractivity contribution is 7.04. The monoisotopic (exact) mass is 207 g/mol. The highest BCUT2D eigenvalue weighted by Gasteiger charge is 2.10. The van der Waals surface area contributed by atoms with Crippen LogP contribution in [0, 0.1) is 0 Å². The molecule has 0 aromatic carbocycles. The van der Waals surface area contributed by atoms with Gasteiger partial charge in [0, 0.05) is 11.3 Å². The van der Waals surface area contributed by atoms with Crippen molar-refractivity contribution in [3.05, 3.63) is 16.9 Å². The Morgan fingerprint density at radius 2 is 2.14 bits per heavy atom. The smallest absolute Gasteiger partial charge is 0.132 e. The van der Waals surface area contributed by atoms with E-state index in [-0.39, 0.29) is 0 Å². The van der Waals surface area contributed by atoms with Gasteiger partial charge in [0.05, 0.1) is 5.69 Å². The van der Waals surface area contributed by atoms with Crippen LogP contribution < -0.4 is 0 Å². The van der Waals surface area contributed by atoms with Crippen LogP contribution in [0.1, 0.15) is 38.2 Å². The minimum atomic E-state index is 0.379. The zero-order chi connectivity index (χ0) is 10.1. The molecule has 0 fully saturated rings. The molecular weight excluding hydrogens is 194 g/mol. The molecule has 2 aromatic rings. The Morgan fingerprint density at radius 3 is 2.79 bits per heavy atom. The van der Waals surface area contributed by atoms with Crippen molar-refractivity contribution in [1.29, 1.82) is 0 Å². The van der Waals surface area contributed by atoms with E-state index in [9.17, 15) is 0 Å². The standard InChI is InChI=1S/C10H13N3S/c1-4-7-9-8(5-14-13-9)12-10(11-7)6(2)3/h5-6H,4H2,1-3H3. The van der Waals surface area contributed by atoms with Gasteiger partial charge in [-0.2, -0.15) is 4.37 Å². The quantitative estimate of drug-likeness (QED) is 0.760. The van der Waals surface area contributed by atoms with Gasteiger partial charge in [-0.05, 0) is 18.0 Å². The van der Waals surface area contributed by atoms with Gasteiger partial charge in [0.2, 0.25) is 0 Å². The van der Waals surface area contributed by atoms with E-state index in [4.69, 9.17) is 0 Å². The third kappa shape index (κ3) is 1.50. The van der Waals surface area contributed by atoms with Gasteiger partial charge in [0.1, 0.15) is 16.9 Å². The summed E-state index contributed by atoms with van der Waals surface area (Å²) in [4.78, 5) is 9.00.